The van der Waals surface area contributed by atoms with Gasteiger partial charge < -0.3 is 4.74 Å². The number of esters is 1. The van der Waals surface area contributed by atoms with Crippen LogP contribution in [0.25, 0.3) is 6.08 Å². The molecule has 0 aliphatic heterocycles. The average molecular weight is 218 g/mol. The fraction of sp³-hybridized carbons (Fsp3) is 0.357. The van der Waals surface area contributed by atoms with E-state index >= 15 is 0 Å². The lowest BCUT2D eigenvalue weighted by molar-refractivity contribution is 0.0599. The molecule has 2 heteroatoms. The summed E-state index contributed by atoms with van der Waals surface area (Å²) in [5.41, 5.74) is 2.54. The summed E-state index contributed by atoms with van der Waals surface area (Å²) in [7, 11) is 1.41. The van der Waals surface area contributed by atoms with E-state index in [1.807, 2.05) is 31.2 Å². The van der Waals surface area contributed by atoms with Crippen LogP contribution in [0.2, 0.25) is 0 Å². The lowest BCUT2D eigenvalue weighted by atomic mass is 10.0. The van der Waals surface area contributed by atoms with Crippen molar-refractivity contribution in [1.82, 2.24) is 0 Å². The van der Waals surface area contributed by atoms with Crippen molar-refractivity contribution in [1.29, 1.82) is 0 Å². The molecule has 86 valence electrons. The quantitative estimate of drug-likeness (QED) is 0.722. The minimum atomic E-state index is -0.269. The maximum Gasteiger partial charge on any atom is 0.338 e. The van der Waals surface area contributed by atoms with Crippen molar-refractivity contribution in [3.63, 3.8) is 0 Å². The number of allylic oxidation sites excluding steroid dienone is 1. The molecular formula is C14H18O2. The molecule has 0 radical (unpaired) electrons. The number of rotatable bonds is 4. The lowest BCUT2D eigenvalue weighted by Gasteiger charge is -2.07. The second-order valence-corrected chi connectivity index (χ2v) is 3.72. The van der Waals surface area contributed by atoms with Crippen LogP contribution < -0.4 is 0 Å². The highest BCUT2D eigenvalue weighted by molar-refractivity contribution is 5.95. The third kappa shape index (κ3) is 2.96. The van der Waals surface area contributed by atoms with Crippen molar-refractivity contribution in [2.45, 2.75) is 26.7 Å². The molecule has 1 aromatic carbocycles. The molecule has 0 bridgehead atoms. The molecule has 0 fully saturated rings. The Morgan fingerprint density at radius 1 is 1.44 bits per heavy atom. The summed E-state index contributed by atoms with van der Waals surface area (Å²) in [6, 6.07) is 5.81. The van der Waals surface area contributed by atoms with Crippen molar-refractivity contribution < 1.29 is 9.53 Å². The molecule has 0 unspecified atom stereocenters. The normalized spacial score (nSPS) is 10.7. The van der Waals surface area contributed by atoms with Crippen molar-refractivity contribution >= 4 is 12.0 Å². The van der Waals surface area contributed by atoms with Gasteiger partial charge in [-0.1, -0.05) is 43.7 Å². The summed E-state index contributed by atoms with van der Waals surface area (Å²) in [6.45, 7) is 4.05. The monoisotopic (exact) mass is 218 g/mol. The molecule has 0 saturated carbocycles. The van der Waals surface area contributed by atoms with E-state index in [2.05, 4.69) is 13.0 Å². The van der Waals surface area contributed by atoms with Crippen LogP contribution in [0.1, 0.15) is 41.3 Å². The van der Waals surface area contributed by atoms with Gasteiger partial charge >= 0.3 is 5.97 Å². The number of hydrogen-bond acceptors (Lipinski definition) is 2. The van der Waals surface area contributed by atoms with E-state index in [1.165, 1.54) is 7.11 Å². The Hall–Kier alpha value is -1.57. The minimum Gasteiger partial charge on any atom is -0.465 e. The number of aryl methyl sites for hydroxylation is 1. The molecule has 1 rings (SSSR count). The summed E-state index contributed by atoms with van der Waals surface area (Å²) in [4.78, 5) is 11.6. The zero-order valence-electron chi connectivity index (χ0n) is 10.1. The van der Waals surface area contributed by atoms with Crippen LogP contribution in [-0.2, 0) is 4.74 Å². The Kier molecular flexibility index (Phi) is 4.77. The maximum absolute atomic E-state index is 11.6. The van der Waals surface area contributed by atoms with Crippen molar-refractivity contribution in [2.24, 2.45) is 0 Å². The predicted molar refractivity (Wildman–Crippen MR) is 66.5 cm³/mol. The van der Waals surface area contributed by atoms with Crippen molar-refractivity contribution in [3.8, 4) is 0 Å². The lowest BCUT2D eigenvalue weighted by Crippen LogP contribution is -2.06. The van der Waals surface area contributed by atoms with Crippen LogP contribution in [0.15, 0.2) is 24.3 Å². The highest BCUT2D eigenvalue weighted by Gasteiger charge is 2.12. The first-order chi connectivity index (χ1) is 7.70. The smallest absolute Gasteiger partial charge is 0.338 e. The van der Waals surface area contributed by atoms with Gasteiger partial charge in [-0.25, -0.2) is 4.79 Å². The number of hydrogen-bond donors (Lipinski definition) is 0. The van der Waals surface area contributed by atoms with Gasteiger partial charge in [0.25, 0.3) is 0 Å². The van der Waals surface area contributed by atoms with E-state index in [0.717, 1.165) is 24.0 Å². The topological polar surface area (TPSA) is 26.3 Å². The van der Waals surface area contributed by atoms with Gasteiger partial charge in [-0.15, -0.1) is 0 Å². The summed E-state index contributed by atoms with van der Waals surface area (Å²) in [6.07, 6.45) is 6.20. The van der Waals surface area contributed by atoms with Crippen molar-refractivity contribution in [2.75, 3.05) is 7.11 Å². The number of unbranched alkanes of at least 4 members (excludes halogenated alkanes) is 1. The van der Waals surface area contributed by atoms with Gasteiger partial charge in [0.1, 0.15) is 0 Å². The van der Waals surface area contributed by atoms with E-state index < -0.39 is 0 Å². The van der Waals surface area contributed by atoms with E-state index in [-0.39, 0.29) is 5.97 Å². The molecule has 2 nitrogen and oxygen atoms in total. The van der Waals surface area contributed by atoms with E-state index in [1.54, 1.807) is 0 Å². The molecule has 0 saturated heterocycles. The van der Waals surface area contributed by atoms with Crippen LogP contribution in [0.3, 0.4) is 0 Å². The van der Waals surface area contributed by atoms with Gasteiger partial charge in [0, 0.05) is 0 Å². The SMILES string of the molecule is CCC/C=C/c1cccc(C)c1C(=O)OC. The van der Waals surface area contributed by atoms with Gasteiger partial charge in [0.05, 0.1) is 12.7 Å². The Morgan fingerprint density at radius 3 is 2.81 bits per heavy atom. The zero-order chi connectivity index (χ0) is 12.0. The van der Waals surface area contributed by atoms with E-state index in [9.17, 15) is 4.79 Å². The van der Waals surface area contributed by atoms with Gasteiger partial charge in [-0.3, -0.25) is 0 Å². The van der Waals surface area contributed by atoms with Gasteiger partial charge in [-0.2, -0.15) is 0 Å². The Balaban J connectivity index is 3.08. The first kappa shape index (κ1) is 12.5. The summed E-state index contributed by atoms with van der Waals surface area (Å²) < 4.78 is 4.79. The predicted octanol–water partition coefficient (Wildman–Crippen LogP) is 3.59. The highest BCUT2D eigenvalue weighted by atomic mass is 16.5. The number of carbonyl (C=O) groups excluding carboxylic acids is 1. The first-order valence-electron chi connectivity index (χ1n) is 5.55. The van der Waals surface area contributed by atoms with Crippen molar-refractivity contribution in [3.05, 3.63) is 41.0 Å². The molecular weight excluding hydrogens is 200 g/mol. The van der Waals surface area contributed by atoms with Crippen LogP contribution in [0, 0.1) is 6.92 Å². The Labute approximate surface area is 96.9 Å². The molecule has 0 heterocycles. The molecule has 0 atom stereocenters. The minimum absolute atomic E-state index is 0.269. The summed E-state index contributed by atoms with van der Waals surface area (Å²) in [5, 5.41) is 0. The average Bonchev–Trinajstić information content (AvgIpc) is 2.29. The van der Waals surface area contributed by atoms with Gasteiger partial charge in [-0.05, 0) is 24.5 Å². The number of carbonyl (C=O) groups is 1. The molecule has 0 aliphatic carbocycles. The first-order valence-corrected chi connectivity index (χ1v) is 5.55. The number of ether oxygens (including phenoxy) is 1. The van der Waals surface area contributed by atoms with Crippen LogP contribution >= 0.6 is 0 Å². The molecule has 0 N–H and O–H groups in total. The maximum atomic E-state index is 11.6. The Bertz CT molecular complexity index is 392. The zero-order valence-corrected chi connectivity index (χ0v) is 10.1. The van der Waals surface area contributed by atoms with Gasteiger partial charge in [0.2, 0.25) is 0 Å². The van der Waals surface area contributed by atoms with E-state index in [0.29, 0.717) is 5.56 Å². The summed E-state index contributed by atoms with van der Waals surface area (Å²) >= 11 is 0. The van der Waals surface area contributed by atoms with E-state index in [4.69, 9.17) is 4.74 Å². The fourth-order valence-corrected chi connectivity index (χ4v) is 1.59. The van der Waals surface area contributed by atoms with Crippen LogP contribution in [-0.4, -0.2) is 13.1 Å². The third-order valence-electron chi connectivity index (χ3n) is 2.45. The standard InChI is InChI=1S/C14H18O2/c1-4-5-6-9-12-10-7-8-11(2)13(12)14(15)16-3/h6-10H,4-5H2,1-3H3/b9-6+. The fourth-order valence-electron chi connectivity index (χ4n) is 1.59. The molecule has 0 amide bonds. The molecule has 0 aromatic heterocycles. The highest BCUT2D eigenvalue weighted by Crippen LogP contribution is 2.17. The van der Waals surface area contributed by atoms with Crippen LogP contribution in [0.4, 0.5) is 0 Å². The number of methoxy groups -OCH3 is 1. The third-order valence-corrected chi connectivity index (χ3v) is 2.45. The second-order valence-electron chi connectivity index (χ2n) is 3.72. The van der Waals surface area contributed by atoms with Crippen LogP contribution in [0.5, 0.6) is 0 Å². The number of benzene rings is 1. The molecule has 1 aromatic rings. The molecule has 0 spiro atoms. The second kappa shape index (κ2) is 6.11. The molecule has 0 aliphatic rings. The Morgan fingerprint density at radius 2 is 2.19 bits per heavy atom. The molecule has 16 heavy (non-hydrogen) atoms. The summed E-state index contributed by atoms with van der Waals surface area (Å²) in [5.74, 6) is -0.269. The largest absolute Gasteiger partial charge is 0.465 e. The van der Waals surface area contributed by atoms with Gasteiger partial charge in [0.15, 0.2) is 0 Å².